The van der Waals surface area contributed by atoms with Gasteiger partial charge in [-0.25, -0.2) is 0 Å². The number of hydrogen-bond acceptors (Lipinski definition) is 1. The van der Waals surface area contributed by atoms with E-state index < -0.39 is 0 Å². The summed E-state index contributed by atoms with van der Waals surface area (Å²) in [5, 5.41) is 3.09. The van der Waals surface area contributed by atoms with Crippen LogP contribution >= 0.6 is 0 Å². The molecule has 1 heterocycles. The van der Waals surface area contributed by atoms with E-state index in [2.05, 4.69) is 17.5 Å². The van der Waals surface area contributed by atoms with Crippen LogP contribution in [0.4, 0.5) is 0 Å². The van der Waals surface area contributed by atoms with Crippen LogP contribution < -0.4 is 5.32 Å². The Morgan fingerprint density at radius 1 is 0.947 bits per heavy atom. The van der Waals surface area contributed by atoms with Crippen LogP contribution in [0.5, 0.6) is 0 Å². The highest BCUT2D eigenvalue weighted by atomic mass is 16.1. The summed E-state index contributed by atoms with van der Waals surface area (Å²) in [6.07, 6.45) is 13.9. The van der Waals surface area contributed by atoms with E-state index in [1.165, 1.54) is 38.5 Å². The first-order valence-electron chi connectivity index (χ1n) is 8.26. The van der Waals surface area contributed by atoms with Gasteiger partial charge in [0.15, 0.2) is 0 Å². The average Bonchev–Trinajstić information content (AvgIpc) is 2.80. The predicted octanol–water partition coefficient (Wildman–Crippen LogP) is 3.14. The Morgan fingerprint density at radius 2 is 1.79 bits per heavy atom. The maximum Gasteiger partial charge on any atom is 0.220 e. The van der Waals surface area contributed by atoms with Gasteiger partial charge in [0.05, 0.1) is 0 Å². The molecule has 0 aromatic heterocycles. The summed E-state index contributed by atoms with van der Waals surface area (Å²) in [4.78, 5) is 11.8. The molecule has 2 nitrogen and oxygen atoms in total. The highest BCUT2D eigenvalue weighted by Crippen LogP contribution is 2.54. The molecule has 4 rings (SSSR count). The highest BCUT2D eigenvalue weighted by Gasteiger charge is 2.47. The van der Waals surface area contributed by atoms with Gasteiger partial charge in [-0.05, 0) is 74.0 Å². The first-order valence-corrected chi connectivity index (χ1v) is 8.26. The van der Waals surface area contributed by atoms with Gasteiger partial charge in [0, 0.05) is 13.0 Å². The number of amides is 1. The number of carbonyl (C=O) groups is 1. The highest BCUT2D eigenvalue weighted by molar-refractivity contribution is 5.76. The maximum atomic E-state index is 11.8. The molecule has 1 amide bonds. The van der Waals surface area contributed by atoms with E-state index in [4.69, 9.17) is 0 Å². The smallest absolute Gasteiger partial charge is 0.220 e. The molecule has 0 aromatic carbocycles. The summed E-state index contributed by atoms with van der Waals surface area (Å²) in [6.45, 7) is 0.924. The fourth-order valence-corrected chi connectivity index (χ4v) is 5.73. The number of hydrogen-bond donors (Lipinski definition) is 1. The van der Waals surface area contributed by atoms with Crippen molar-refractivity contribution < 1.29 is 4.79 Å². The van der Waals surface area contributed by atoms with Gasteiger partial charge in [-0.3, -0.25) is 4.79 Å². The lowest BCUT2D eigenvalue weighted by molar-refractivity contribution is -0.122. The Bertz CT molecular complexity index is 402. The van der Waals surface area contributed by atoms with Crippen LogP contribution in [0.1, 0.15) is 44.9 Å². The van der Waals surface area contributed by atoms with Gasteiger partial charge in [-0.2, -0.15) is 0 Å². The Labute approximate surface area is 116 Å². The van der Waals surface area contributed by atoms with Gasteiger partial charge in [-0.15, -0.1) is 0 Å². The van der Waals surface area contributed by atoms with Crippen LogP contribution in [0.3, 0.4) is 0 Å². The zero-order chi connectivity index (χ0) is 12.8. The molecule has 0 radical (unpaired) electrons. The molecule has 3 aliphatic carbocycles. The third kappa shape index (κ3) is 1.95. The van der Waals surface area contributed by atoms with Crippen LogP contribution in [0.15, 0.2) is 12.2 Å². The van der Waals surface area contributed by atoms with Crippen molar-refractivity contribution in [2.45, 2.75) is 44.9 Å². The summed E-state index contributed by atoms with van der Waals surface area (Å²) < 4.78 is 0. The average molecular weight is 259 g/mol. The van der Waals surface area contributed by atoms with Gasteiger partial charge in [0.25, 0.3) is 0 Å². The van der Waals surface area contributed by atoms with Crippen LogP contribution in [0, 0.1) is 35.5 Å². The standard InChI is InChI=1S/C17H25NO/c19-17-10-12-5-7-15-13-3-1-2-11(13)4-6-16(15)14(12)8-9-18-17/h1,3,11-16H,2,4-10H2,(H,18,19). The van der Waals surface area contributed by atoms with Crippen molar-refractivity contribution in [3.05, 3.63) is 12.2 Å². The normalized spacial score (nSPS) is 48.7. The first-order chi connectivity index (χ1) is 9.33. The Morgan fingerprint density at radius 3 is 2.74 bits per heavy atom. The largest absolute Gasteiger partial charge is 0.356 e. The minimum absolute atomic E-state index is 0.306. The monoisotopic (exact) mass is 259 g/mol. The van der Waals surface area contributed by atoms with Crippen LogP contribution in [-0.4, -0.2) is 12.5 Å². The van der Waals surface area contributed by atoms with E-state index in [9.17, 15) is 4.79 Å². The van der Waals surface area contributed by atoms with Crippen LogP contribution in [0.25, 0.3) is 0 Å². The second-order valence-electron chi connectivity index (χ2n) is 7.25. The molecular formula is C17H25NO. The second kappa shape index (κ2) is 4.64. The zero-order valence-corrected chi connectivity index (χ0v) is 11.7. The van der Waals surface area contributed by atoms with Crippen molar-refractivity contribution in [1.29, 1.82) is 0 Å². The van der Waals surface area contributed by atoms with Gasteiger partial charge >= 0.3 is 0 Å². The molecule has 0 aromatic rings. The predicted molar refractivity (Wildman–Crippen MR) is 75.4 cm³/mol. The van der Waals surface area contributed by atoms with E-state index in [1.807, 2.05) is 0 Å². The lowest BCUT2D eigenvalue weighted by atomic mass is 9.55. The van der Waals surface area contributed by atoms with E-state index in [1.54, 1.807) is 0 Å². The fraction of sp³-hybridized carbons (Fsp3) is 0.824. The summed E-state index contributed by atoms with van der Waals surface area (Å²) in [7, 11) is 0. The number of nitrogens with one attached hydrogen (secondary N) is 1. The Hall–Kier alpha value is -0.790. The van der Waals surface area contributed by atoms with E-state index in [0.29, 0.717) is 11.8 Å². The molecular weight excluding hydrogens is 234 g/mol. The number of carbonyl (C=O) groups excluding carboxylic acids is 1. The number of fused-ring (bicyclic) bond motifs is 5. The lowest BCUT2D eigenvalue weighted by Gasteiger charge is -2.49. The third-order valence-electron chi connectivity index (χ3n) is 6.53. The zero-order valence-electron chi connectivity index (χ0n) is 11.7. The number of rotatable bonds is 0. The van der Waals surface area contributed by atoms with Crippen molar-refractivity contribution in [2.24, 2.45) is 35.5 Å². The molecule has 4 aliphatic rings. The molecule has 19 heavy (non-hydrogen) atoms. The molecule has 0 bridgehead atoms. The van der Waals surface area contributed by atoms with Crippen LogP contribution in [0.2, 0.25) is 0 Å². The van der Waals surface area contributed by atoms with Crippen molar-refractivity contribution in [1.82, 2.24) is 5.32 Å². The Kier molecular flexibility index (Phi) is 2.93. The molecule has 0 spiro atoms. The lowest BCUT2D eigenvalue weighted by Crippen LogP contribution is -2.42. The molecule has 1 saturated heterocycles. The molecule has 6 unspecified atom stereocenters. The molecule has 6 atom stereocenters. The summed E-state index contributed by atoms with van der Waals surface area (Å²) in [5.41, 5.74) is 0. The molecule has 1 aliphatic heterocycles. The van der Waals surface area contributed by atoms with Crippen molar-refractivity contribution in [3.63, 3.8) is 0 Å². The topological polar surface area (TPSA) is 29.1 Å². The first kappa shape index (κ1) is 12.0. The molecule has 2 saturated carbocycles. The number of allylic oxidation sites excluding steroid dienone is 2. The van der Waals surface area contributed by atoms with Gasteiger partial charge in [0.2, 0.25) is 5.91 Å². The van der Waals surface area contributed by atoms with E-state index >= 15 is 0 Å². The molecule has 104 valence electrons. The minimum Gasteiger partial charge on any atom is -0.356 e. The third-order valence-corrected chi connectivity index (χ3v) is 6.53. The second-order valence-corrected chi connectivity index (χ2v) is 7.25. The molecule has 1 N–H and O–H groups in total. The van der Waals surface area contributed by atoms with Crippen molar-refractivity contribution >= 4 is 5.91 Å². The Balaban J connectivity index is 1.57. The van der Waals surface area contributed by atoms with Gasteiger partial charge < -0.3 is 5.32 Å². The summed E-state index contributed by atoms with van der Waals surface area (Å²) in [5.74, 6) is 5.51. The summed E-state index contributed by atoms with van der Waals surface area (Å²) >= 11 is 0. The summed E-state index contributed by atoms with van der Waals surface area (Å²) in [6, 6.07) is 0. The quantitative estimate of drug-likeness (QED) is 0.665. The van der Waals surface area contributed by atoms with E-state index in [-0.39, 0.29) is 0 Å². The minimum atomic E-state index is 0.306. The van der Waals surface area contributed by atoms with Crippen LogP contribution in [-0.2, 0) is 4.79 Å². The van der Waals surface area contributed by atoms with Gasteiger partial charge in [0.1, 0.15) is 0 Å². The van der Waals surface area contributed by atoms with Crippen molar-refractivity contribution in [3.8, 4) is 0 Å². The van der Waals surface area contributed by atoms with Crippen molar-refractivity contribution in [2.75, 3.05) is 6.54 Å². The fourth-order valence-electron chi connectivity index (χ4n) is 5.73. The van der Waals surface area contributed by atoms with Gasteiger partial charge in [-0.1, -0.05) is 12.2 Å². The molecule has 3 fully saturated rings. The molecule has 2 heteroatoms. The SMILES string of the molecule is O=C1CC2CCC3C4C=CCC4CCC3C2CCN1. The maximum absolute atomic E-state index is 11.8. The van der Waals surface area contributed by atoms with E-state index in [0.717, 1.165) is 42.6 Å².